The molecule has 6 nitrogen and oxygen atoms in total. The van der Waals surface area contributed by atoms with Crippen LogP contribution in [-0.2, 0) is 23.0 Å². The minimum Gasteiger partial charge on any atom is -0.481 e. The van der Waals surface area contributed by atoms with E-state index in [9.17, 15) is 4.79 Å². The Morgan fingerprint density at radius 2 is 2.24 bits per heavy atom. The number of nitrogens with zero attached hydrogens (tertiary/aromatic N) is 3. The number of aryl methyl sites for hydroxylation is 2. The predicted octanol–water partition coefficient (Wildman–Crippen LogP) is 0.726. The minimum atomic E-state index is -0.805. The van der Waals surface area contributed by atoms with Gasteiger partial charge in [-0.2, -0.15) is 5.10 Å². The summed E-state index contributed by atoms with van der Waals surface area (Å²) in [6.07, 6.45) is 2.42. The number of rotatable bonds is 4. The smallest absolute Gasteiger partial charge is 0.303 e. The Morgan fingerprint density at radius 3 is 2.88 bits per heavy atom. The molecule has 17 heavy (non-hydrogen) atoms. The van der Waals surface area contributed by atoms with Gasteiger partial charge in [0, 0.05) is 32.6 Å². The van der Waals surface area contributed by atoms with E-state index in [0.29, 0.717) is 12.3 Å². The van der Waals surface area contributed by atoms with Gasteiger partial charge < -0.3 is 9.84 Å². The molecule has 2 heterocycles. The molecule has 0 saturated carbocycles. The molecule has 94 valence electrons. The van der Waals surface area contributed by atoms with Crippen LogP contribution in [0.25, 0.3) is 0 Å². The van der Waals surface area contributed by atoms with Gasteiger partial charge in [-0.3, -0.25) is 9.48 Å². The maximum absolute atomic E-state index is 10.5. The first-order valence-electron chi connectivity index (χ1n) is 5.86. The van der Waals surface area contributed by atoms with E-state index in [0.717, 1.165) is 37.7 Å². The second-order valence-corrected chi connectivity index (χ2v) is 4.29. The molecular formula is C11H17N3O3. The van der Waals surface area contributed by atoms with Gasteiger partial charge in [-0.15, -0.1) is 0 Å². The number of aromatic nitrogens is 3. The molecule has 0 atom stereocenters. The summed E-state index contributed by atoms with van der Waals surface area (Å²) in [5, 5.41) is 13.0. The summed E-state index contributed by atoms with van der Waals surface area (Å²) in [5.41, 5.74) is 0. The van der Waals surface area contributed by atoms with Gasteiger partial charge in [0.05, 0.1) is 6.42 Å². The van der Waals surface area contributed by atoms with Crippen molar-refractivity contribution >= 4 is 5.97 Å². The van der Waals surface area contributed by atoms with Crippen LogP contribution in [0, 0.1) is 0 Å². The Bertz CT molecular complexity index is 397. The van der Waals surface area contributed by atoms with E-state index in [1.54, 1.807) is 4.68 Å². The standard InChI is InChI=1S/C11H17N3O3/c1-14-9(2-3-10(15)16)12-11(13-14)8-4-6-17-7-5-8/h8H,2-7H2,1H3,(H,15,16). The summed E-state index contributed by atoms with van der Waals surface area (Å²) in [7, 11) is 1.81. The zero-order valence-corrected chi connectivity index (χ0v) is 9.93. The van der Waals surface area contributed by atoms with Crippen LogP contribution in [0.4, 0.5) is 0 Å². The molecule has 1 fully saturated rings. The van der Waals surface area contributed by atoms with Crippen LogP contribution < -0.4 is 0 Å². The zero-order chi connectivity index (χ0) is 12.3. The first kappa shape index (κ1) is 12.0. The third-order valence-corrected chi connectivity index (χ3v) is 3.02. The fourth-order valence-corrected chi connectivity index (χ4v) is 2.00. The molecule has 1 N–H and O–H groups in total. The summed E-state index contributed by atoms with van der Waals surface area (Å²) < 4.78 is 6.99. The Labute approximate surface area is 99.6 Å². The molecule has 0 bridgehead atoms. The van der Waals surface area contributed by atoms with Crippen molar-refractivity contribution in [3.05, 3.63) is 11.6 Å². The average molecular weight is 239 g/mol. The number of aliphatic carboxylic acids is 1. The number of carboxylic acid groups (broad SMARTS) is 1. The molecule has 1 aliphatic heterocycles. The van der Waals surface area contributed by atoms with Gasteiger partial charge in [0.15, 0.2) is 5.82 Å². The lowest BCUT2D eigenvalue weighted by Gasteiger charge is -2.18. The highest BCUT2D eigenvalue weighted by Gasteiger charge is 2.21. The molecule has 1 saturated heterocycles. The van der Waals surface area contributed by atoms with Gasteiger partial charge in [-0.05, 0) is 12.8 Å². The lowest BCUT2D eigenvalue weighted by Crippen LogP contribution is -2.15. The fourth-order valence-electron chi connectivity index (χ4n) is 2.00. The van der Waals surface area contributed by atoms with Crippen LogP contribution in [0.2, 0.25) is 0 Å². The van der Waals surface area contributed by atoms with Crippen LogP contribution in [-0.4, -0.2) is 39.1 Å². The van der Waals surface area contributed by atoms with Crippen molar-refractivity contribution in [1.29, 1.82) is 0 Å². The summed E-state index contributed by atoms with van der Waals surface area (Å²) in [6, 6.07) is 0. The number of hydrogen-bond donors (Lipinski definition) is 1. The normalized spacial score (nSPS) is 17.2. The van der Waals surface area contributed by atoms with Crippen LogP contribution in [0.5, 0.6) is 0 Å². The summed E-state index contributed by atoms with van der Waals surface area (Å²) in [5.74, 6) is 1.12. The molecule has 0 aromatic carbocycles. The van der Waals surface area contributed by atoms with Crippen molar-refractivity contribution in [1.82, 2.24) is 14.8 Å². The highest BCUT2D eigenvalue weighted by Crippen LogP contribution is 2.24. The van der Waals surface area contributed by atoms with Gasteiger partial charge in [0.2, 0.25) is 0 Å². The molecule has 0 spiro atoms. The van der Waals surface area contributed by atoms with E-state index in [1.807, 2.05) is 7.05 Å². The average Bonchev–Trinajstić information content (AvgIpc) is 2.69. The Hall–Kier alpha value is -1.43. The third-order valence-electron chi connectivity index (χ3n) is 3.02. The third kappa shape index (κ3) is 3.03. The van der Waals surface area contributed by atoms with Crippen molar-refractivity contribution in [2.75, 3.05) is 13.2 Å². The van der Waals surface area contributed by atoms with E-state index < -0.39 is 5.97 Å². The quantitative estimate of drug-likeness (QED) is 0.838. The number of hydrogen-bond acceptors (Lipinski definition) is 4. The SMILES string of the molecule is Cn1nc(C2CCOCC2)nc1CCC(=O)O. The van der Waals surface area contributed by atoms with E-state index in [1.165, 1.54) is 0 Å². The molecule has 0 amide bonds. The minimum absolute atomic E-state index is 0.0970. The Morgan fingerprint density at radius 1 is 1.53 bits per heavy atom. The van der Waals surface area contributed by atoms with Crippen molar-refractivity contribution in [3.63, 3.8) is 0 Å². The maximum atomic E-state index is 10.5. The van der Waals surface area contributed by atoms with Gasteiger partial charge in [0.25, 0.3) is 0 Å². The molecular weight excluding hydrogens is 222 g/mol. The predicted molar refractivity (Wildman–Crippen MR) is 59.8 cm³/mol. The van der Waals surface area contributed by atoms with Crippen molar-refractivity contribution < 1.29 is 14.6 Å². The molecule has 2 rings (SSSR count). The lowest BCUT2D eigenvalue weighted by atomic mass is 10.00. The lowest BCUT2D eigenvalue weighted by molar-refractivity contribution is -0.137. The molecule has 0 radical (unpaired) electrons. The van der Waals surface area contributed by atoms with E-state index in [2.05, 4.69) is 10.1 Å². The van der Waals surface area contributed by atoms with Crippen molar-refractivity contribution in [2.45, 2.75) is 31.6 Å². The first-order valence-corrected chi connectivity index (χ1v) is 5.86. The van der Waals surface area contributed by atoms with E-state index >= 15 is 0 Å². The highest BCUT2D eigenvalue weighted by molar-refractivity contribution is 5.66. The molecule has 6 heteroatoms. The molecule has 0 aliphatic carbocycles. The topological polar surface area (TPSA) is 77.2 Å². The van der Waals surface area contributed by atoms with Crippen LogP contribution in [0.15, 0.2) is 0 Å². The summed E-state index contributed by atoms with van der Waals surface area (Å²) in [6.45, 7) is 1.51. The highest BCUT2D eigenvalue weighted by atomic mass is 16.5. The zero-order valence-electron chi connectivity index (χ0n) is 9.93. The molecule has 0 unspecified atom stereocenters. The fraction of sp³-hybridized carbons (Fsp3) is 0.727. The molecule has 1 aromatic rings. The second kappa shape index (κ2) is 5.27. The van der Waals surface area contributed by atoms with Crippen LogP contribution >= 0.6 is 0 Å². The number of ether oxygens (including phenoxy) is 1. The monoisotopic (exact) mass is 239 g/mol. The summed E-state index contributed by atoms with van der Waals surface area (Å²) >= 11 is 0. The Kier molecular flexibility index (Phi) is 3.73. The van der Waals surface area contributed by atoms with E-state index in [-0.39, 0.29) is 6.42 Å². The van der Waals surface area contributed by atoms with Crippen LogP contribution in [0.1, 0.15) is 36.8 Å². The molecule has 1 aromatic heterocycles. The van der Waals surface area contributed by atoms with Crippen molar-refractivity contribution in [2.24, 2.45) is 7.05 Å². The summed E-state index contributed by atoms with van der Waals surface area (Å²) in [4.78, 5) is 15.0. The molecule has 1 aliphatic rings. The first-order chi connectivity index (χ1) is 8.16. The van der Waals surface area contributed by atoms with Crippen molar-refractivity contribution in [3.8, 4) is 0 Å². The Balaban J connectivity index is 2.03. The second-order valence-electron chi connectivity index (χ2n) is 4.29. The number of carboxylic acids is 1. The van der Waals surface area contributed by atoms with E-state index in [4.69, 9.17) is 9.84 Å². The van der Waals surface area contributed by atoms with Crippen LogP contribution in [0.3, 0.4) is 0 Å². The largest absolute Gasteiger partial charge is 0.481 e. The van der Waals surface area contributed by atoms with Gasteiger partial charge in [-0.25, -0.2) is 4.98 Å². The van der Waals surface area contributed by atoms with Gasteiger partial charge >= 0.3 is 5.97 Å². The van der Waals surface area contributed by atoms with Gasteiger partial charge in [-0.1, -0.05) is 0 Å². The maximum Gasteiger partial charge on any atom is 0.303 e. The van der Waals surface area contributed by atoms with Gasteiger partial charge in [0.1, 0.15) is 5.82 Å². The number of carbonyl (C=O) groups is 1.